The molecule has 3 nitrogen and oxygen atoms in total. The molecule has 2 aromatic carbocycles. The summed E-state index contributed by atoms with van der Waals surface area (Å²) in [6.07, 6.45) is 1.22. The zero-order valence-electron chi connectivity index (χ0n) is 11.1. The molecule has 1 amide bonds. The van der Waals surface area contributed by atoms with E-state index in [0.29, 0.717) is 13.0 Å². The van der Waals surface area contributed by atoms with Crippen molar-refractivity contribution in [3.05, 3.63) is 64.1 Å². The van der Waals surface area contributed by atoms with Gasteiger partial charge >= 0.3 is 0 Å². The minimum absolute atomic E-state index is 0.0442. The van der Waals surface area contributed by atoms with Crippen LogP contribution in [0.3, 0.4) is 0 Å². The fourth-order valence-corrected chi connectivity index (χ4v) is 2.15. The smallest absolute Gasteiger partial charge is 0.224 e. The van der Waals surface area contributed by atoms with E-state index in [0.717, 1.165) is 22.1 Å². The molecule has 4 heteroatoms. The SMILES string of the molecule is Nc1ccc(CCNC(=O)Cc2ccc(Br)cc2)cc1. The average molecular weight is 333 g/mol. The zero-order chi connectivity index (χ0) is 14.4. The molecule has 3 N–H and O–H groups in total. The molecular formula is C16H17BrN2O. The maximum atomic E-state index is 11.8. The minimum atomic E-state index is 0.0442. The predicted octanol–water partition coefficient (Wildman–Crippen LogP) is 2.93. The van der Waals surface area contributed by atoms with Crippen molar-refractivity contribution in [3.8, 4) is 0 Å². The normalized spacial score (nSPS) is 10.2. The van der Waals surface area contributed by atoms with Gasteiger partial charge in [0.2, 0.25) is 5.91 Å². The number of carbonyl (C=O) groups is 1. The number of rotatable bonds is 5. The Morgan fingerprint density at radius 3 is 2.25 bits per heavy atom. The molecule has 0 unspecified atom stereocenters. The number of anilines is 1. The summed E-state index contributed by atoms with van der Waals surface area (Å²) in [6.45, 7) is 0.638. The summed E-state index contributed by atoms with van der Waals surface area (Å²) < 4.78 is 1.02. The molecule has 0 saturated heterocycles. The number of halogens is 1. The van der Waals surface area contributed by atoms with Gasteiger partial charge in [-0.3, -0.25) is 4.79 Å². The van der Waals surface area contributed by atoms with Gasteiger partial charge in [-0.2, -0.15) is 0 Å². The van der Waals surface area contributed by atoms with Crippen molar-refractivity contribution < 1.29 is 4.79 Å². The van der Waals surface area contributed by atoms with E-state index in [1.807, 2.05) is 48.5 Å². The predicted molar refractivity (Wildman–Crippen MR) is 85.4 cm³/mol. The van der Waals surface area contributed by atoms with Crippen LogP contribution in [0.4, 0.5) is 5.69 Å². The van der Waals surface area contributed by atoms with Crippen LogP contribution in [0.5, 0.6) is 0 Å². The second-order valence-electron chi connectivity index (χ2n) is 4.64. The first-order valence-electron chi connectivity index (χ1n) is 6.49. The first-order valence-corrected chi connectivity index (χ1v) is 7.28. The fraction of sp³-hybridized carbons (Fsp3) is 0.188. The molecular weight excluding hydrogens is 316 g/mol. The van der Waals surface area contributed by atoms with Gasteiger partial charge < -0.3 is 11.1 Å². The van der Waals surface area contributed by atoms with E-state index in [1.54, 1.807) is 0 Å². The van der Waals surface area contributed by atoms with E-state index in [4.69, 9.17) is 5.73 Å². The van der Waals surface area contributed by atoms with E-state index in [9.17, 15) is 4.79 Å². The maximum absolute atomic E-state index is 11.8. The van der Waals surface area contributed by atoms with Crippen LogP contribution in [0.2, 0.25) is 0 Å². The molecule has 0 aromatic heterocycles. The van der Waals surface area contributed by atoms with Crippen molar-refractivity contribution in [2.24, 2.45) is 0 Å². The Kier molecular flexibility index (Phi) is 5.18. The molecule has 2 rings (SSSR count). The van der Waals surface area contributed by atoms with Crippen LogP contribution in [-0.2, 0) is 17.6 Å². The van der Waals surface area contributed by atoms with Gasteiger partial charge in [0.15, 0.2) is 0 Å². The van der Waals surface area contributed by atoms with Crippen LogP contribution >= 0.6 is 15.9 Å². The Hall–Kier alpha value is -1.81. The third kappa shape index (κ3) is 4.70. The topological polar surface area (TPSA) is 55.1 Å². The summed E-state index contributed by atoms with van der Waals surface area (Å²) in [5.41, 5.74) is 8.57. The lowest BCUT2D eigenvalue weighted by atomic mass is 10.1. The second kappa shape index (κ2) is 7.10. The molecule has 0 aliphatic carbocycles. The average Bonchev–Trinajstić information content (AvgIpc) is 2.44. The van der Waals surface area contributed by atoms with Gasteiger partial charge in [-0.1, -0.05) is 40.2 Å². The molecule has 0 aliphatic heterocycles. The first kappa shape index (κ1) is 14.6. The van der Waals surface area contributed by atoms with Crippen LogP contribution < -0.4 is 11.1 Å². The number of benzene rings is 2. The first-order chi connectivity index (χ1) is 9.63. The zero-order valence-corrected chi connectivity index (χ0v) is 12.7. The number of hydrogen-bond donors (Lipinski definition) is 2. The van der Waals surface area contributed by atoms with Crippen molar-refractivity contribution in [1.82, 2.24) is 5.32 Å². The molecule has 0 saturated carbocycles. The maximum Gasteiger partial charge on any atom is 0.224 e. The Bertz CT molecular complexity index is 564. The number of carbonyl (C=O) groups excluding carboxylic acids is 1. The highest BCUT2D eigenvalue weighted by atomic mass is 79.9. The number of nitrogens with two attached hydrogens (primary N) is 1. The van der Waals surface area contributed by atoms with Gasteiger partial charge in [0.05, 0.1) is 6.42 Å². The van der Waals surface area contributed by atoms with Crippen molar-refractivity contribution >= 4 is 27.5 Å². The van der Waals surface area contributed by atoms with Crippen LogP contribution in [0.1, 0.15) is 11.1 Å². The fourth-order valence-electron chi connectivity index (χ4n) is 1.88. The lowest BCUT2D eigenvalue weighted by Gasteiger charge is -2.06. The van der Waals surface area contributed by atoms with E-state index in [-0.39, 0.29) is 5.91 Å². The van der Waals surface area contributed by atoms with Crippen LogP contribution in [-0.4, -0.2) is 12.5 Å². The molecule has 0 spiro atoms. The summed E-state index contributed by atoms with van der Waals surface area (Å²) in [5.74, 6) is 0.0442. The van der Waals surface area contributed by atoms with E-state index in [1.165, 1.54) is 5.56 Å². The van der Waals surface area contributed by atoms with Crippen LogP contribution in [0.25, 0.3) is 0 Å². The Labute approximate surface area is 127 Å². The summed E-state index contributed by atoms with van der Waals surface area (Å²) in [7, 11) is 0. The highest BCUT2D eigenvalue weighted by molar-refractivity contribution is 9.10. The summed E-state index contributed by atoms with van der Waals surface area (Å²) in [5, 5.41) is 2.93. The monoisotopic (exact) mass is 332 g/mol. The highest BCUT2D eigenvalue weighted by Crippen LogP contribution is 2.11. The van der Waals surface area contributed by atoms with Gasteiger partial charge in [0, 0.05) is 16.7 Å². The third-order valence-corrected chi connectivity index (χ3v) is 3.52. The molecule has 0 heterocycles. The van der Waals surface area contributed by atoms with Gasteiger partial charge in [0.1, 0.15) is 0 Å². The van der Waals surface area contributed by atoms with Crippen molar-refractivity contribution in [3.63, 3.8) is 0 Å². The number of hydrogen-bond acceptors (Lipinski definition) is 2. The summed E-state index contributed by atoms with van der Waals surface area (Å²) in [4.78, 5) is 11.8. The Balaban J connectivity index is 1.75. The van der Waals surface area contributed by atoms with Crippen molar-refractivity contribution in [1.29, 1.82) is 0 Å². The number of nitrogen functional groups attached to an aromatic ring is 1. The number of nitrogens with one attached hydrogen (secondary N) is 1. The lowest BCUT2D eigenvalue weighted by Crippen LogP contribution is -2.27. The Morgan fingerprint density at radius 2 is 1.60 bits per heavy atom. The molecule has 2 aromatic rings. The largest absolute Gasteiger partial charge is 0.399 e. The third-order valence-electron chi connectivity index (χ3n) is 2.99. The summed E-state index contributed by atoms with van der Waals surface area (Å²) in [6, 6.07) is 15.5. The van der Waals surface area contributed by atoms with Crippen molar-refractivity contribution in [2.45, 2.75) is 12.8 Å². The number of amides is 1. The van der Waals surface area contributed by atoms with Gasteiger partial charge in [-0.25, -0.2) is 0 Å². The van der Waals surface area contributed by atoms with Crippen molar-refractivity contribution in [2.75, 3.05) is 12.3 Å². The lowest BCUT2D eigenvalue weighted by molar-refractivity contribution is -0.120. The molecule has 0 aliphatic rings. The molecule has 0 fully saturated rings. The Morgan fingerprint density at radius 1 is 1.00 bits per heavy atom. The highest BCUT2D eigenvalue weighted by Gasteiger charge is 2.03. The van der Waals surface area contributed by atoms with Crippen LogP contribution in [0, 0.1) is 0 Å². The van der Waals surface area contributed by atoms with E-state index in [2.05, 4.69) is 21.2 Å². The second-order valence-corrected chi connectivity index (χ2v) is 5.56. The van der Waals surface area contributed by atoms with E-state index < -0.39 is 0 Å². The van der Waals surface area contributed by atoms with Gasteiger partial charge in [0.25, 0.3) is 0 Å². The van der Waals surface area contributed by atoms with E-state index >= 15 is 0 Å². The summed E-state index contributed by atoms with van der Waals surface area (Å²) >= 11 is 3.38. The molecule has 0 atom stereocenters. The molecule has 0 bridgehead atoms. The molecule has 104 valence electrons. The van der Waals surface area contributed by atoms with Gasteiger partial charge in [-0.05, 0) is 41.8 Å². The molecule has 0 radical (unpaired) electrons. The van der Waals surface area contributed by atoms with Gasteiger partial charge in [-0.15, -0.1) is 0 Å². The standard InChI is InChI=1S/C16H17BrN2O/c17-14-5-1-13(2-6-14)11-16(20)19-10-9-12-3-7-15(18)8-4-12/h1-8H,9-11,18H2,(H,19,20). The minimum Gasteiger partial charge on any atom is -0.399 e. The van der Waals surface area contributed by atoms with Crippen LogP contribution in [0.15, 0.2) is 53.0 Å². The molecule has 20 heavy (non-hydrogen) atoms. The quantitative estimate of drug-likeness (QED) is 0.827.